The lowest BCUT2D eigenvalue weighted by Crippen LogP contribution is -2.55. The summed E-state index contributed by atoms with van der Waals surface area (Å²) < 4.78 is 0. The van der Waals surface area contributed by atoms with Crippen molar-refractivity contribution >= 4 is 17.6 Å². The van der Waals surface area contributed by atoms with Crippen LogP contribution < -0.4 is 5.43 Å². The molecule has 0 aromatic heterocycles. The fourth-order valence-corrected chi connectivity index (χ4v) is 2.05. The highest BCUT2D eigenvalue weighted by atomic mass is 16.2. The lowest BCUT2D eigenvalue weighted by Gasteiger charge is -2.33. The third-order valence-corrected chi connectivity index (χ3v) is 3.23. The smallest absolute Gasteiger partial charge is 0.306 e. The Hall–Kier alpha value is -2.21. The highest BCUT2D eigenvalue weighted by Gasteiger charge is 2.23. The molecule has 0 atom stereocenters. The van der Waals surface area contributed by atoms with Gasteiger partial charge in [-0.15, -0.1) is 0 Å². The van der Waals surface area contributed by atoms with Gasteiger partial charge >= 0.3 is 5.91 Å². The van der Waals surface area contributed by atoms with Gasteiger partial charge in [0.15, 0.2) is 0 Å². The molecule has 0 aliphatic carbocycles. The average Bonchev–Trinajstić information content (AvgIpc) is 2.48. The molecule has 106 valence electrons. The Morgan fingerprint density at radius 3 is 2.15 bits per heavy atom. The maximum absolute atomic E-state index is 11.9. The van der Waals surface area contributed by atoms with E-state index in [1.165, 1.54) is 6.92 Å². The number of nitrogens with one attached hydrogen (secondary N) is 1. The van der Waals surface area contributed by atoms with Crippen molar-refractivity contribution in [3.63, 3.8) is 0 Å². The largest absolute Gasteiger partial charge is 0.340 e. The van der Waals surface area contributed by atoms with Gasteiger partial charge in [0.25, 0.3) is 5.78 Å². The number of piperazine rings is 1. The van der Waals surface area contributed by atoms with Crippen LogP contribution in [0.25, 0.3) is 0 Å². The van der Waals surface area contributed by atoms with Crippen molar-refractivity contribution in [2.75, 3.05) is 26.2 Å². The van der Waals surface area contributed by atoms with Crippen molar-refractivity contribution in [1.29, 1.82) is 0 Å². The molecule has 1 fully saturated rings. The lowest BCUT2D eigenvalue weighted by molar-refractivity contribution is -0.132. The topological polar surface area (TPSA) is 69.7 Å². The molecular weight excluding hydrogens is 258 g/mol. The van der Waals surface area contributed by atoms with E-state index >= 15 is 0 Å². The van der Waals surface area contributed by atoms with Crippen LogP contribution in [0.2, 0.25) is 0 Å². The van der Waals surface area contributed by atoms with Gasteiger partial charge in [0.2, 0.25) is 5.91 Å². The molecule has 0 spiro atoms. The zero-order chi connectivity index (χ0) is 14.5. The van der Waals surface area contributed by atoms with Crippen LogP contribution in [0.5, 0.6) is 0 Å². The number of benzene rings is 1. The molecule has 0 bridgehead atoms. The first-order valence-electron chi connectivity index (χ1n) is 6.49. The van der Waals surface area contributed by atoms with E-state index in [0.29, 0.717) is 31.7 Å². The van der Waals surface area contributed by atoms with Gasteiger partial charge in [0, 0.05) is 38.7 Å². The van der Waals surface area contributed by atoms with Gasteiger partial charge < -0.3 is 4.90 Å². The fourth-order valence-electron chi connectivity index (χ4n) is 2.05. The summed E-state index contributed by atoms with van der Waals surface area (Å²) in [5.74, 6) is -1.18. The molecule has 1 aromatic carbocycles. The molecule has 2 amide bonds. The number of amides is 2. The molecule has 6 heteroatoms. The van der Waals surface area contributed by atoms with E-state index < -0.39 is 11.7 Å². The van der Waals surface area contributed by atoms with Crippen LogP contribution in [0.3, 0.4) is 0 Å². The summed E-state index contributed by atoms with van der Waals surface area (Å²) in [6.07, 6.45) is 0. The Kier molecular flexibility index (Phi) is 4.47. The van der Waals surface area contributed by atoms with Crippen molar-refractivity contribution in [1.82, 2.24) is 15.3 Å². The third-order valence-electron chi connectivity index (χ3n) is 3.23. The second-order valence-electron chi connectivity index (χ2n) is 4.63. The van der Waals surface area contributed by atoms with E-state index in [1.807, 2.05) is 0 Å². The SMILES string of the molecule is CC(=O)N1CCN(NC(=O)C(=O)c2ccccc2)CC1. The van der Waals surface area contributed by atoms with Crippen molar-refractivity contribution in [3.05, 3.63) is 35.9 Å². The van der Waals surface area contributed by atoms with Crippen molar-refractivity contribution in [2.24, 2.45) is 0 Å². The number of nitrogens with zero attached hydrogens (tertiary/aromatic N) is 2. The Balaban J connectivity index is 1.87. The van der Waals surface area contributed by atoms with Gasteiger partial charge in [0.1, 0.15) is 0 Å². The summed E-state index contributed by atoms with van der Waals surface area (Å²) in [5, 5.41) is 1.67. The molecule has 1 N–H and O–H groups in total. The van der Waals surface area contributed by atoms with Crippen LogP contribution in [0, 0.1) is 0 Å². The third kappa shape index (κ3) is 3.42. The quantitative estimate of drug-likeness (QED) is 0.626. The van der Waals surface area contributed by atoms with Crippen LogP contribution in [-0.2, 0) is 9.59 Å². The average molecular weight is 275 g/mol. The number of rotatable bonds is 3. The molecule has 0 unspecified atom stereocenters. The number of hydrogen-bond donors (Lipinski definition) is 1. The van der Waals surface area contributed by atoms with Crippen molar-refractivity contribution < 1.29 is 14.4 Å². The predicted octanol–water partition coefficient (Wildman–Crippen LogP) is 0.0646. The summed E-state index contributed by atoms with van der Waals surface area (Å²) in [4.78, 5) is 36.6. The molecule has 6 nitrogen and oxygen atoms in total. The summed E-state index contributed by atoms with van der Waals surface area (Å²) in [6, 6.07) is 8.43. The first kappa shape index (κ1) is 14.2. The maximum Gasteiger partial charge on any atom is 0.306 e. The molecule has 0 saturated carbocycles. The minimum Gasteiger partial charge on any atom is -0.340 e. The van der Waals surface area contributed by atoms with Crippen LogP contribution in [0.15, 0.2) is 30.3 Å². The van der Waals surface area contributed by atoms with E-state index in [-0.39, 0.29) is 5.91 Å². The second kappa shape index (κ2) is 6.29. The monoisotopic (exact) mass is 275 g/mol. The summed E-state index contributed by atoms with van der Waals surface area (Å²) in [6.45, 7) is 3.66. The molecule has 20 heavy (non-hydrogen) atoms. The molecule has 1 aliphatic heterocycles. The lowest BCUT2D eigenvalue weighted by atomic mass is 10.1. The first-order valence-corrected chi connectivity index (χ1v) is 6.49. The van der Waals surface area contributed by atoms with Crippen molar-refractivity contribution in [3.8, 4) is 0 Å². The minimum atomic E-state index is -0.646. The van der Waals surface area contributed by atoms with Gasteiger partial charge in [0.05, 0.1) is 0 Å². The Bertz CT molecular complexity index is 508. The molecule has 2 rings (SSSR count). The maximum atomic E-state index is 11.9. The predicted molar refractivity (Wildman–Crippen MR) is 72.7 cm³/mol. The number of Topliss-reactive ketones (excluding diaryl/α,β-unsaturated/α-hetero) is 1. The van der Waals surface area contributed by atoms with Gasteiger partial charge in [-0.3, -0.25) is 19.8 Å². The van der Waals surface area contributed by atoms with Crippen LogP contribution in [0.1, 0.15) is 17.3 Å². The summed E-state index contributed by atoms with van der Waals surface area (Å²) in [7, 11) is 0. The molecule has 0 radical (unpaired) electrons. The highest BCUT2D eigenvalue weighted by Crippen LogP contribution is 2.02. The summed E-state index contributed by atoms with van der Waals surface area (Å²) >= 11 is 0. The van der Waals surface area contributed by atoms with Gasteiger partial charge in [-0.1, -0.05) is 30.3 Å². The number of carbonyl (C=O) groups excluding carboxylic acids is 3. The molecule has 1 saturated heterocycles. The highest BCUT2D eigenvalue weighted by molar-refractivity contribution is 6.42. The molecule has 1 aromatic rings. The van der Waals surface area contributed by atoms with E-state index in [9.17, 15) is 14.4 Å². The van der Waals surface area contributed by atoms with E-state index in [1.54, 1.807) is 40.2 Å². The standard InChI is InChI=1S/C14H17N3O3/c1-11(18)16-7-9-17(10-8-16)15-14(20)13(19)12-5-3-2-4-6-12/h2-6H,7-10H2,1H3,(H,15,20). The number of hydrogen-bond acceptors (Lipinski definition) is 4. The van der Waals surface area contributed by atoms with Crippen LogP contribution in [-0.4, -0.2) is 53.7 Å². The van der Waals surface area contributed by atoms with Gasteiger partial charge in [-0.25, -0.2) is 5.01 Å². The van der Waals surface area contributed by atoms with Gasteiger partial charge in [-0.05, 0) is 0 Å². The number of carbonyl (C=O) groups is 3. The summed E-state index contributed by atoms with van der Waals surface area (Å²) in [5.41, 5.74) is 2.95. The van der Waals surface area contributed by atoms with Crippen molar-refractivity contribution in [2.45, 2.75) is 6.92 Å². The van der Waals surface area contributed by atoms with E-state index in [0.717, 1.165) is 0 Å². The zero-order valence-corrected chi connectivity index (χ0v) is 11.3. The Morgan fingerprint density at radius 1 is 1.00 bits per heavy atom. The van der Waals surface area contributed by atoms with Crippen LogP contribution in [0.4, 0.5) is 0 Å². The number of ketones is 1. The second-order valence-corrected chi connectivity index (χ2v) is 4.63. The van der Waals surface area contributed by atoms with E-state index in [4.69, 9.17) is 0 Å². The Morgan fingerprint density at radius 2 is 1.60 bits per heavy atom. The molecule has 1 aliphatic rings. The van der Waals surface area contributed by atoms with E-state index in [2.05, 4.69) is 5.43 Å². The van der Waals surface area contributed by atoms with Crippen LogP contribution >= 0.6 is 0 Å². The number of hydrazine groups is 1. The molecular formula is C14H17N3O3. The first-order chi connectivity index (χ1) is 9.58. The van der Waals surface area contributed by atoms with Gasteiger partial charge in [-0.2, -0.15) is 0 Å². The zero-order valence-electron chi connectivity index (χ0n) is 11.3. The molecule has 1 heterocycles. The minimum absolute atomic E-state index is 0.0244. The normalized spacial score (nSPS) is 15.8. The Labute approximate surface area is 117 Å². The fraction of sp³-hybridized carbons (Fsp3) is 0.357.